The summed E-state index contributed by atoms with van der Waals surface area (Å²) in [6.45, 7) is 8.64. The molecule has 0 aromatic heterocycles. The maximum atomic E-state index is 13.0. The fourth-order valence-electron chi connectivity index (χ4n) is 3.82. The zero-order chi connectivity index (χ0) is 18.1. The molecular formula is C19H29NO4S. The van der Waals surface area contributed by atoms with Gasteiger partial charge in [-0.25, -0.2) is 8.42 Å². The van der Waals surface area contributed by atoms with Crippen LogP contribution in [0.15, 0.2) is 23.1 Å². The summed E-state index contributed by atoms with van der Waals surface area (Å²) in [6.07, 6.45) is 4.05. The lowest BCUT2D eigenvalue weighted by atomic mass is 9.73. The first-order valence-electron chi connectivity index (χ1n) is 9.18. The van der Waals surface area contributed by atoms with Crippen LogP contribution in [0.5, 0.6) is 5.75 Å². The lowest BCUT2D eigenvalue weighted by Crippen LogP contribution is -2.45. The van der Waals surface area contributed by atoms with E-state index in [0.717, 1.165) is 50.2 Å². The Hall–Kier alpha value is -1.11. The molecule has 0 saturated carbocycles. The summed E-state index contributed by atoms with van der Waals surface area (Å²) >= 11 is 0. The first-order chi connectivity index (χ1) is 11.8. The maximum absolute atomic E-state index is 13.0. The average molecular weight is 368 g/mol. The van der Waals surface area contributed by atoms with Crippen molar-refractivity contribution in [2.45, 2.75) is 57.5 Å². The highest BCUT2D eigenvalue weighted by Crippen LogP contribution is 2.41. The zero-order valence-electron chi connectivity index (χ0n) is 15.5. The van der Waals surface area contributed by atoms with Gasteiger partial charge in [0.05, 0.1) is 11.0 Å². The molecule has 25 heavy (non-hydrogen) atoms. The first kappa shape index (κ1) is 18.7. The van der Waals surface area contributed by atoms with E-state index >= 15 is 0 Å². The van der Waals surface area contributed by atoms with Crippen molar-refractivity contribution in [2.75, 3.05) is 26.3 Å². The molecule has 1 spiro atoms. The molecule has 2 heterocycles. The minimum atomic E-state index is -3.44. The van der Waals surface area contributed by atoms with Gasteiger partial charge >= 0.3 is 0 Å². The predicted octanol–water partition coefficient (Wildman–Crippen LogP) is 3.36. The molecule has 5 nitrogen and oxygen atoms in total. The second kappa shape index (κ2) is 7.25. The van der Waals surface area contributed by atoms with Crippen LogP contribution in [0.3, 0.4) is 0 Å². The Labute approximate surface area is 151 Å². The van der Waals surface area contributed by atoms with E-state index in [0.29, 0.717) is 18.0 Å². The van der Waals surface area contributed by atoms with Crippen molar-refractivity contribution < 1.29 is 17.9 Å². The van der Waals surface area contributed by atoms with Gasteiger partial charge in [0.25, 0.3) is 0 Å². The number of nitrogens with zero attached hydrogens (tertiary/aromatic N) is 1. The third-order valence-corrected chi connectivity index (χ3v) is 7.38. The second-order valence-electron chi connectivity index (χ2n) is 7.61. The molecule has 1 aromatic carbocycles. The number of piperidine rings is 1. The molecule has 0 N–H and O–H groups in total. The fourth-order valence-corrected chi connectivity index (χ4v) is 5.35. The van der Waals surface area contributed by atoms with E-state index in [2.05, 4.69) is 0 Å². The van der Waals surface area contributed by atoms with Crippen LogP contribution in [0.4, 0.5) is 0 Å². The van der Waals surface area contributed by atoms with Gasteiger partial charge < -0.3 is 9.47 Å². The molecule has 0 radical (unpaired) electrons. The van der Waals surface area contributed by atoms with E-state index in [4.69, 9.17) is 9.47 Å². The largest absolute Gasteiger partial charge is 0.491 e. The van der Waals surface area contributed by atoms with Gasteiger partial charge in [0, 0.05) is 26.3 Å². The van der Waals surface area contributed by atoms with Crippen molar-refractivity contribution in [1.29, 1.82) is 0 Å². The third kappa shape index (κ3) is 4.01. The minimum absolute atomic E-state index is 0.0684. The molecule has 1 aromatic rings. The van der Waals surface area contributed by atoms with Gasteiger partial charge in [-0.2, -0.15) is 4.31 Å². The van der Waals surface area contributed by atoms with Crippen LogP contribution in [-0.2, 0) is 14.8 Å². The van der Waals surface area contributed by atoms with Gasteiger partial charge in [-0.3, -0.25) is 0 Å². The van der Waals surface area contributed by atoms with Gasteiger partial charge in [0.2, 0.25) is 10.0 Å². The highest BCUT2D eigenvalue weighted by Gasteiger charge is 2.39. The lowest BCUT2D eigenvalue weighted by molar-refractivity contribution is -0.00999. The van der Waals surface area contributed by atoms with Crippen molar-refractivity contribution in [3.05, 3.63) is 23.8 Å². The van der Waals surface area contributed by atoms with Crippen molar-refractivity contribution in [1.82, 2.24) is 4.31 Å². The summed E-state index contributed by atoms with van der Waals surface area (Å²) in [5.41, 5.74) is 1.14. The lowest BCUT2D eigenvalue weighted by Gasteiger charge is -2.43. The molecule has 3 rings (SSSR count). The number of hydrogen-bond donors (Lipinski definition) is 0. The summed E-state index contributed by atoms with van der Waals surface area (Å²) < 4.78 is 38.8. The quantitative estimate of drug-likeness (QED) is 0.819. The molecule has 140 valence electrons. The molecule has 2 aliphatic rings. The van der Waals surface area contributed by atoms with Crippen molar-refractivity contribution in [3.8, 4) is 5.75 Å². The van der Waals surface area contributed by atoms with E-state index in [-0.39, 0.29) is 11.5 Å². The molecule has 0 atom stereocenters. The highest BCUT2D eigenvalue weighted by atomic mass is 32.2. The van der Waals surface area contributed by atoms with Crippen molar-refractivity contribution in [3.63, 3.8) is 0 Å². The number of benzene rings is 1. The Bertz CT molecular complexity index is 698. The Morgan fingerprint density at radius 3 is 2.32 bits per heavy atom. The van der Waals surface area contributed by atoms with Crippen molar-refractivity contribution in [2.24, 2.45) is 5.41 Å². The van der Waals surface area contributed by atoms with Crippen LogP contribution < -0.4 is 4.74 Å². The second-order valence-corrected chi connectivity index (χ2v) is 9.55. The standard InChI is InChI=1S/C19H29NO4S/c1-15(2)24-18-5-4-17(14-16(18)3)25(21,22)20-10-6-19(7-11-20)8-12-23-13-9-19/h4-5,14-15H,6-13H2,1-3H3. The number of hydrogen-bond acceptors (Lipinski definition) is 4. The van der Waals surface area contributed by atoms with Gasteiger partial charge in [-0.05, 0) is 75.6 Å². The molecule has 0 bridgehead atoms. The van der Waals surface area contributed by atoms with Gasteiger partial charge in [0.1, 0.15) is 5.75 Å². The number of aryl methyl sites for hydroxylation is 1. The summed E-state index contributed by atoms with van der Waals surface area (Å²) in [7, 11) is -3.44. The molecule has 2 saturated heterocycles. The van der Waals surface area contributed by atoms with E-state index in [1.165, 1.54) is 0 Å². The van der Waals surface area contributed by atoms with Gasteiger partial charge in [0.15, 0.2) is 0 Å². The predicted molar refractivity (Wildman–Crippen MR) is 97.4 cm³/mol. The Morgan fingerprint density at radius 1 is 1.12 bits per heavy atom. The molecule has 0 unspecified atom stereocenters. The molecular weight excluding hydrogens is 338 g/mol. The topological polar surface area (TPSA) is 55.8 Å². The SMILES string of the molecule is Cc1cc(S(=O)(=O)N2CCC3(CCOCC3)CC2)ccc1OC(C)C. The van der Waals surface area contributed by atoms with E-state index in [1.54, 1.807) is 22.5 Å². The Morgan fingerprint density at radius 2 is 1.76 bits per heavy atom. The minimum Gasteiger partial charge on any atom is -0.491 e. The Kier molecular flexibility index (Phi) is 5.42. The van der Waals surface area contributed by atoms with Gasteiger partial charge in [-0.15, -0.1) is 0 Å². The summed E-state index contributed by atoms with van der Waals surface area (Å²) in [4.78, 5) is 0.365. The van der Waals surface area contributed by atoms with E-state index in [1.807, 2.05) is 20.8 Å². The van der Waals surface area contributed by atoms with Crippen LogP contribution in [-0.4, -0.2) is 45.1 Å². The monoisotopic (exact) mass is 367 g/mol. The Balaban J connectivity index is 1.73. The molecule has 2 aliphatic heterocycles. The van der Waals surface area contributed by atoms with E-state index in [9.17, 15) is 8.42 Å². The van der Waals surface area contributed by atoms with Crippen LogP contribution in [0.25, 0.3) is 0 Å². The van der Waals surface area contributed by atoms with Crippen LogP contribution in [0.1, 0.15) is 45.1 Å². The molecule has 6 heteroatoms. The van der Waals surface area contributed by atoms with E-state index < -0.39 is 10.0 Å². The number of sulfonamides is 1. The summed E-state index contributed by atoms with van der Waals surface area (Å²) in [5.74, 6) is 0.744. The number of rotatable bonds is 4. The highest BCUT2D eigenvalue weighted by molar-refractivity contribution is 7.89. The fraction of sp³-hybridized carbons (Fsp3) is 0.684. The maximum Gasteiger partial charge on any atom is 0.243 e. The average Bonchev–Trinajstić information content (AvgIpc) is 2.57. The molecule has 2 fully saturated rings. The van der Waals surface area contributed by atoms with Crippen LogP contribution in [0, 0.1) is 12.3 Å². The zero-order valence-corrected chi connectivity index (χ0v) is 16.3. The third-order valence-electron chi connectivity index (χ3n) is 5.48. The summed E-state index contributed by atoms with van der Waals surface area (Å²) in [5, 5.41) is 0. The van der Waals surface area contributed by atoms with Crippen molar-refractivity contribution >= 4 is 10.0 Å². The number of ether oxygens (including phenoxy) is 2. The van der Waals surface area contributed by atoms with Gasteiger partial charge in [-0.1, -0.05) is 0 Å². The van der Waals surface area contributed by atoms with Crippen LogP contribution >= 0.6 is 0 Å². The molecule has 0 amide bonds. The summed E-state index contributed by atoms with van der Waals surface area (Å²) in [6, 6.07) is 5.16. The smallest absolute Gasteiger partial charge is 0.243 e. The van der Waals surface area contributed by atoms with Crippen LogP contribution in [0.2, 0.25) is 0 Å². The first-order valence-corrected chi connectivity index (χ1v) is 10.6. The normalized spacial score (nSPS) is 21.6. The molecule has 0 aliphatic carbocycles.